The van der Waals surface area contributed by atoms with Crippen molar-refractivity contribution in [3.8, 4) is 0 Å². The molecular formula is C14H21F3N4O2. The average Bonchev–Trinajstić information content (AvgIpc) is 3.00. The second-order valence-electron chi connectivity index (χ2n) is 7.36. The number of ether oxygens (including phenoxy) is 1. The molecule has 1 aliphatic carbocycles. The van der Waals surface area contributed by atoms with Crippen LogP contribution in [0.4, 0.5) is 18.0 Å². The fourth-order valence-electron chi connectivity index (χ4n) is 4.32. The van der Waals surface area contributed by atoms with Crippen molar-refractivity contribution >= 4 is 6.03 Å². The van der Waals surface area contributed by atoms with Gasteiger partial charge in [-0.2, -0.15) is 13.2 Å². The van der Waals surface area contributed by atoms with Crippen molar-refractivity contribution in [3.63, 3.8) is 0 Å². The molecule has 4 rings (SSSR count). The molecule has 3 N–H and O–H groups in total. The Bertz CT molecular complexity index is 525. The van der Waals surface area contributed by atoms with E-state index in [1.54, 1.807) is 4.90 Å². The number of morpholine rings is 1. The molecule has 1 spiro atoms. The van der Waals surface area contributed by atoms with Gasteiger partial charge in [0, 0.05) is 44.7 Å². The summed E-state index contributed by atoms with van der Waals surface area (Å²) in [6.07, 6.45) is -4.12. The van der Waals surface area contributed by atoms with Crippen LogP contribution >= 0.6 is 0 Å². The van der Waals surface area contributed by atoms with Crippen molar-refractivity contribution in [2.75, 3.05) is 52.4 Å². The Labute approximate surface area is 132 Å². The lowest BCUT2D eigenvalue weighted by Crippen LogP contribution is -2.70. The van der Waals surface area contributed by atoms with Crippen molar-refractivity contribution in [1.29, 1.82) is 0 Å². The van der Waals surface area contributed by atoms with Crippen LogP contribution in [0.1, 0.15) is 6.42 Å². The summed E-state index contributed by atoms with van der Waals surface area (Å²) in [5, 5.41) is 8.69. The van der Waals surface area contributed by atoms with E-state index in [9.17, 15) is 18.0 Å². The molecule has 23 heavy (non-hydrogen) atoms. The Morgan fingerprint density at radius 1 is 1.22 bits per heavy atom. The molecule has 130 valence electrons. The number of piperidine rings is 1. The van der Waals surface area contributed by atoms with E-state index >= 15 is 0 Å². The molecule has 3 saturated heterocycles. The summed E-state index contributed by atoms with van der Waals surface area (Å²) in [5.41, 5.74) is -2.83. The van der Waals surface area contributed by atoms with E-state index in [0.29, 0.717) is 39.3 Å². The van der Waals surface area contributed by atoms with Crippen molar-refractivity contribution in [2.45, 2.75) is 18.2 Å². The Hall–Kier alpha value is -1.06. The van der Waals surface area contributed by atoms with Gasteiger partial charge in [0.25, 0.3) is 0 Å². The zero-order chi connectivity index (χ0) is 16.3. The average molecular weight is 334 g/mol. The van der Waals surface area contributed by atoms with Crippen LogP contribution in [0.3, 0.4) is 0 Å². The smallest absolute Gasteiger partial charge is 0.369 e. The first-order chi connectivity index (χ1) is 10.8. The lowest BCUT2D eigenvalue weighted by Gasteiger charge is -2.48. The molecule has 4 fully saturated rings. The van der Waals surface area contributed by atoms with E-state index in [-0.39, 0.29) is 31.1 Å². The van der Waals surface area contributed by atoms with Gasteiger partial charge in [0.05, 0.1) is 18.6 Å². The number of alkyl halides is 3. The third-order valence-electron chi connectivity index (χ3n) is 5.97. The number of nitrogens with one attached hydrogen (secondary N) is 3. The second-order valence-corrected chi connectivity index (χ2v) is 7.36. The fraction of sp³-hybridized carbons (Fsp3) is 0.929. The standard InChI is InChI=1S/C14H21F3N4O2/c15-14(16,17)13-3-11(13,4-18-8-13)5-20-10(22)21-1-2-23-12(9-21)6-19-7-12/h18-19H,1-9H2,(H,20,22)/t11-,13-/m0/s1. The Morgan fingerprint density at radius 3 is 2.57 bits per heavy atom. The van der Waals surface area contributed by atoms with E-state index < -0.39 is 17.0 Å². The zero-order valence-electron chi connectivity index (χ0n) is 12.8. The summed E-state index contributed by atoms with van der Waals surface area (Å²) >= 11 is 0. The lowest BCUT2D eigenvalue weighted by molar-refractivity contribution is -0.190. The first kappa shape index (κ1) is 15.5. The van der Waals surface area contributed by atoms with Crippen LogP contribution in [-0.4, -0.2) is 75.1 Å². The van der Waals surface area contributed by atoms with Crippen molar-refractivity contribution in [3.05, 3.63) is 0 Å². The molecule has 0 radical (unpaired) electrons. The summed E-state index contributed by atoms with van der Waals surface area (Å²) in [4.78, 5) is 14.0. The minimum Gasteiger partial charge on any atom is -0.369 e. The maximum absolute atomic E-state index is 13.3. The number of amides is 2. The molecule has 0 unspecified atom stereocenters. The number of halogens is 3. The van der Waals surface area contributed by atoms with Gasteiger partial charge in [0.15, 0.2) is 0 Å². The zero-order valence-corrected chi connectivity index (χ0v) is 12.8. The van der Waals surface area contributed by atoms with Gasteiger partial charge in [0.1, 0.15) is 5.60 Å². The van der Waals surface area contributed by atoms with Crippen LogP contribution in [0.15, 0.2) is 0 Å². The highest BCUT2D eigenvalue weighted by Crippen LogP contribution is 2.72. The first-order valence-electron chi connectivity index (χ1n) is 7.97. The summed E-state index contributed by atoms with van der Waals surface area (Å²) in [6, 6.07) is -0.288. The second kappa shape index (κ2) is 4.73. The monoisotopic (exact) mass is 334 g/mol. The lowest BCUT2D eigenvalue weighted by atomic mass is 9.94. The molecule has 2 atom stereocenters. The first-order valence-corrected chi connectivity index (χ1v) is 7.97. The molecular weight excluding hydrogens is 313 g/mol. The Kier molecular flexibility index (Phi) is 3.18. The molecule has 2 amide bonds. The minimum absolute atomic E-state index is 0.0430. The molecule has 0 bridgehead atoms. The highest BCUT2D eigenvalue weighted by atomic mass is 19.4. The highest BCUT2D eigenvalue weighted by Gasteiger charge is 2.81. The third-order valence-corrected chi connectivity index (χ3v) is 5.97. The number of nitrogens with zero attached hydrogens (tertiary/aromatic N) is 1. The number of carbonyl (C=O) groups is 1. The van der Waals surface area contributed by atoms with E-state index in [2.05, 4.69) is 16.0 Å². The quantitative estimate of drug-likeness (QED) is 0.661. The number of carbonyl (C=O) groups excluding carboxylic acids is 1. The van der Waals surface area contributed by atoms with Gasteiger partial charge in [0.2, 0.25) is 0 Å². The van der Waals surface area contributed by atoms with Crippen LogP contribution in [0, 0.1) is 10.8 Å². The fourth-order valence-corrected chi connectivity index (χ4v) is 4.32. The van der Waals surface area contributed by atoms with Gasteiger partial charge in [-0.25, -0.2) is 4.79 Å². The van der Waals surface area contributed by atoms with Gasteiger partial charge in [-0.3, -0.25) is 0 Å². The van der Waals surface area contributed by atoms with Crippen LogP contribution in [-0.2, 0) is 4.74 Å². The van der Waals surface area contributed by atoms with Gasteiger partial charge in [-0.05, 0) is 6.42 Å². The predicted molar refractivity (Wildman–Crippen MR) is 74.9 cm³/mol. The summed E-state index contributed by atoms with van der Waals surface area (Å²) in [5.74, 6) is 0. The van der Waals surface area contributed by atoms with Crippen LogP contribution in [0.5, 0.6) is 0 Å². The molecule has 9 heteroatoms. The number of fused-ring (bicyclic) bond motifs is 1. The van der Waals surface area contributed by atoms with E-state index in [0.717, 1.165) is 0 Å². The summed E-state index contributed by atoms with van der Waals surface area (Å²) in [6.45, 7) is 3.19. The maximum Gasteiger partial charge on any atom is 0.396 e. The Morgan fingerprint density at radius 2 is 1.96 bits per heavy atom. The summed E-state index contributed by atoms with van der Waals surface area (Å²) in [7, 11) is 0. The van der Waals surface area contributed by atoms with Crippen LogP contribution < -0.4 is 16.0 Å². The van der Waals surface area contributed by atoms with E-state index in [1.165, 1.54) is 0 Å². The van der Waals surface area contributed by atoms with E-state index in [4.69, 9.17) is 4.74 Å². The molecule has 3 heterocycles. The molecule has 0 aromatic rings. The largest absolute Gasteiger partial charge is 0.396 e. The summed E-state index contributed by atoms with van der Waals surface area (Å²) < 4.78 is 45.5. The normalized spacial score (nSPS) is 38.1. The van der Waals surface area contributed by atoms with Crippen LogP contribution in [0.2, 0.25) is 0 Å². The number of urea groups is 1. The van der Waals surface area contributed by atoms with Crippen molar-refractivity contribution < 1.29 is 22.7 Å². The van der Waals surface area contributed by atoms with Gasteiger partial charge in [-0.15, -0.1) is 0 Å². The Balaban J connectivity index is 1.36. The molecule has 3 aliphatic heterocycles. The highest BCUT2D eigenvalue weighted by molar-refractivity contribution is 5.74. The minimum atomic E-state index is -4.22. The van der Waals surface area contributed by atoms with Gasteiger partial charge >= 0.3 is 12.2 Å². The van der Waals surface area contributed by atoms with Crippen LogP contribution in [0.25, 0.3) is 0 Å². The van der Waals surface area contributed by atoms with Gasteiger partial charge in [-0.1, -0.05) is 0 Å². The van der Waals surface area contributed by atoms with Gasteiger partial charge < -0.3 is 25.6 Å². The third kappa shape index (κ3) is 2.16. The number of hydrogen-bond acceptors (Lipinski definition) is 4. The predicted octanol–water partition coefficient (Wildman–Crippen LogP) is -0.0878. The molecule has 6 nitrogen and oxygen atoms in total. The van der Waals surface area contributed by atoms with Crippen molar-refractivity contribution in [1.82, 2.24) is 20.9 Å². The molecule has 4 aliphatic rings. The van der Waals surface area contributed by atoms with E-state index in [1.807, 2.05) is 0 Å². The number of rotatable bonds is 2. The molecule has 0 aromatic carbocycles. The number of hydrogen-bond donors (Lipinski definition) is 3. The maximum atomic E-state index is 13.3. The van der Waals surface area contributed by atoms with Crippen molar-refractivity contribution in [2.24, 2.45) is 10.8 Å². The topological polar surface area (TPSA) is 65.6 Å². The molecule has 0 aromatic heterocycles. The SMILES string of the molecule is O=C(NC[C@]12CNC[C@@]1(C(F)(F)F)C2)N1CCOC2(CNC2)C1. The molecule has 1 saturated carbocycles.